The molecule has 1 atom stereocenters. The minimum absolute atomic E-state index is 0.374. The fourth-order valence-electron chi connectivity index (χ4n) is 4.63. The standard InChI is InChI=1S/C27H30N8O2S/c1-19-17-34(13-11-29-19)24-8-6-23(7-9-24)31-27-30-16-21-10-12-35(26(21)32-27)18-22-5-4-20(15-28)14-25(22)33(2)38(3,36)37/h4-10,12,14,16,19,29H,11,13,17-18H2,1-3H3,(H,30,31,32)/t19-/m0/s1. The maximum absolute atomic E-state index is 12.2. The van der Waals surface area contributed by atoms with E-state index in [0.29, 0.717) is 35.4 Å². The molecule has 0 bridgehead atoms. The number of piperazine rings is 1. The van der Waals surface area contributed by atoms with Gasteiger partial charge in [-0.15, -0.1) is 0 Å². The average Bonchev–Trinajstić information content (AvgIpc) is 3.30. The van der Waals surface area contributed by atoms with Gasteiger partial charge in [0.2, 0.25) is 16.0 Å². The summed E-state index contributed by atoms with van der Waals surface area (Å²) >= 11 is 0. The lowest BCUT2D eigenvalue weighted by atomic mass is 10.1. The van der Waals surface area contributed by atoms with Crippen molar-refractivity contribution in [2.45, 2.75) is 19.5 Å². The van der Waals surface area contributed by atoms with E-state index in [0.717, 1.165) is 42.5 Å². The summed E-state index contributed by atoms with van der Waals surface area (Å²) in [6.45, 7) is 5.50. The van der Waals surface area contributed by atoms with Crippen molar-refractivity contribution < 1.29 is 8.42 Å². The quantitative estimate of drug-likeness (QED) is 0.374. The van der Waals surface area contributed by atoms with E-state index in [4.69, 9.17) is 4.98 Å². The molecule has 0 unspecified atom stereocenters. The van der Waals surface area contributed by atoms with Crippen LogP contribution in [0, 0.1) is 11.3 Å². The number of sulfonamides is 1. The van der Waals surface area contributed by atoms with Crippen LogP contribution in [0.2, 0.25) is 0 Å². The molecule has 196 valence electrons. The topological polar surface area (TPSA) is 119 Å². The summed E-state index contributed by atoms with van der Waals surface area (Å²) in [6.07, 6.45) is 4.80. The molecule has 0 radical (unpaired) electrons. The zero-order valence-electron chi connectivity index (χ0n) is 21.6. The summed E-state index contributed by atoms with van der Waals surface area (Å²) in [6, 6.07) is 17.8. The van der Waals surface area contributed by atoms with Crippen molar-refractivity contribution >= 4 is 44.1 Å². The molecule has 0 spiro atoms. The van der Waals surface area contributed by atoms with E-state index < -0.39 is 10.0 Å². The fourth-order valence-corrected chi connectivity index (χ4v) is 5.16. The molecule has 1 aliphatic rings. The lowest BCUT2D eigenvalue weighted by molar-refractivity contribution is 0.485. The monoisotopic (exact) mass is 530 g/mol. The van der Waals surface area contributed by atoms with Crippen molar-refractivity contribution in [3.05, 3.63) is 72.1 Å². The van der Waals surface area contributed by atoms with Crippen LogP contribution in [0.4, 0.5) is 23.0 Å². The molecule has 38 heavy (non-hydrogen) atoms. The van der Waals surface area contributed by atoms with Crippen molar-refractivity contribution in [2.75, 3.05) is 47.5 Å². The molecule has 2 aromatic carbocycles. The normalized spacial score (nSPS) is 15.8. The summed E-state index contributed by atoms with van der Waals surface area (Å²) in [7, 11) is -2.02. The number of nitrogens with zero attached hydrogens (tertiary/aromatic N) is 6. The van der Waals surface area contributed by atoms with Gasteiger partial charge in [0.1, 0.15) is 5.65 Å². The number of benzene rings is 2. The predicted octanol–water partition coefficient (Wildman–Crippen LogP) is 3.29. The van der Waals surface area contributed by atoms with Gasteiger partial charge in [-0.05, 0) is 55.0 Å². The van der Waals surface area contributed by atoms with Gasteiger partial charge in [-0.25, -0.2) is 13.4 Å². The third-order valence-electron chi connectivity index (χ3n) is 6.75. The van der Waals surface area contributed by atoms with Gasteiger partial charge in [0, 0.05) is 61.9 Å². The van der Waals surface area contributed by atoms with Crippen LogP contribution in [-0.4, -0.2) is 61.9 Å². The SMILES string of the molecule is C[C@H]1CN(c2ccc(Nc3ncc4ccn(Cc5ccc(C#N)cc5N(C)S(C)(=O)=O)c4n3)cc2)CCN1. The van der Waals surface area contributed by atoms with Crippen molar-refractivity contribution in [3.63, 3.8) is 0 Å². The summed E-state index contributed by atoms with van der Waals surface area (Å²) < 4.78 is 27.6. The minimum atomic E-state index is -3.51. The molecular weight excluding hydrogens is 500 g/mol. The Hall–Kier alpha value is -4.14. The molecule has 5 rings (SSSR count). The Morgan fingerprint density at radius 2 is 2.00 bits per heavy atom. The van der Waals surface area contributed by atoms with Crippen molar-refractivity contribution in [3.8, 4) is 6.07 Å². The van der Waals surface area contributed by atoms with Crippen LogP contribution in [0.1, 0.15) is 18.1 Å². The van der Waals surface area contributed by atoms with Gasteiger partial charge in [0.15, 0.2) is 0 Å². The second kappa shape index (κ2) is 10.3. The fraction of sp³-hybridized carbons (Fsp3) is 0.296. The first-order valence-corrected chi connectivity index (χ1v) is 14.2. The van der Waals surface area contributed by atoms with Crippen LogP contribution in [0.15, 0.2) is 60.9 Å². The van der Waals surface area contributed by atoms with Gasteiger partial charge >= 0.3 is 0 Å². The molecule has 10 nitrogen and oxygen atoms in total. The Morgan fingerprint density at radius 3 is 2.71 bits per heavy atom. The molecule has 3 heterocycles. The van der Waals surface area contributed by atoms with Gasteiger partial charge < -0.3 is 20.1 Å². The van der Waals surface area contributed by atoms with Crippen LogP contribution in [0.25, 0.3) is 11.0 Å². The van der Waals surface area contributed by atoms with Gasteiger partial charge in [0.25, 0.3) is 0 Å². The molecular formula is C27H30N8O2S. The largest absolute Gasteiger partial charge is 0.369 e. The number of nitrogens with one attached hydrogen (secondary N) is 2. The number of nitriles is 1. The maximum Gasteiger partial charge on any atom is 0.232 e. The maximum atomic E-state index is 12.2. The van der Waals surface area contributed by atoms with Crippen LogP contribution in [-0.2, 0) is 16.6 Å². The molecule has 2 aromatic heterocycles. The summed E-state index contributed by atoms with van der Waals surface area (Å²) in [5, 5.41) is 16.9. The molecule has 1 saturated heterocycles. The van der Waals surface area contributed by atoms with E-state index in [1.807, 2.05) is 29.0 Å². The van der Waals surface area contributed by atoms with Crippen LogP contribution < -0.4 is 19.8 Å². The van der Waals surface area contributed by atoms with E-state index in [9.17, 15) is 13.7 Å². The van der Waals surface area contributed by atoms with E-state index in [2.05, 4.69) is 45.6 Å². The number of hydrogen-bond acceptors (Lipinski definition) is 8. The molecule has 0 amide bonds. The summed E-state index contributed by atoms with van der Waals surface area (Å²) in [5.41, 5.74) is 4.39. The van der Waals surface area contributed by atoms with Gasteiger partial charge in [0.05, 0.1) is 30.1 Å². The molecule has 0 saturated carbocycles. The van der Waals surface area contributed by atoms with Crippen LogP contribution in [0.5, 0.6) is 0 Å². The Balaban J connectivity index is 1.39. The zero-order chi connectivity index (χ0) is 26.9. The number of rotatable bonds is 7. The molecule has 0 aliphatic carbocycles. The lowest BCUT2D eigenvalue weighted by Gasteiger charge is -2.33. The van der Waals surface area contributed by atoms with Gasteiger partial charge in [-0.2, -0.15) is 10.2 Å². The first-order chi connectivity index (χ1) is 18.2. The molecule has 1 aliphatic heterocycles. The Morgan fingerprint density at radius 1 is 1.21 bits per heavy atom. The molecule has 1 fully saturated rings. The zero-order valence-corrected chi connectivity index (χ0v) is 22.4. The number of hydrogen-bond donors (Lipinski definition) is 2. The van der Waals surface area contributed by atoms with Gasteiger partial charge in [-0.3, -0.25) is 4.31 Å². The summed E-state index contributed by atoms with van der Waals surface area (Å²) in [4.78, 5) is 11.6. The van der Waals surface area contributed by atoms with Crippen molar-refractivity contribution in [1.82, 2.24) is 19.9 Å². The van der Waals surface area contributed by atoms with E-state index in [1.54, 1.807) is 24.4 Å². The van der Waals surface area contributed by atoms with E-state index in [1.165, 1.54) is 17.0 Å². The highest BCUT2D eigenvalue weighted by atomic mass is 32.2. The highest BCUT2D eigenvalue weighted by Crippen LogP contribution is 2.27. The molecule has 11 heteroatoms. The first kappa shape index (κ1) is 25.5. The number of anilines is 4. The predicted molar refractivity (Wildman–Crippen MR) is 150 cm³/mol. The van der Waals surface area contributed by atoms with Crippen LogP contribution >= 0.6 is 0 Å². The second-order valence-corrected chi connectivity index (χ2v) is 11.6. The smallest absolute Gasteiger partial charge is 0.232 e. The Labute approximate surface area is 222 Å². The van der Waals surface area contributed by atoms with E-state index in [-0.39, 0.29) is 0 Å². The third kappa shape index (κ3) is 5.41. The number of aromatic nitrogens is 3. The summed E-state index contributed by atoms with van der Waals surface area (Å²) in [5.74, 6) is 0.467. The number of fused-ring (bicyclic) bond motifs is 1. The highest BCUT2D eigenvalue weighted by Gasteiger charge is 2.18. The first-order valence-electron chi connectivity index (χ1n) is 12.4. The van der Waals surface area contributed by atoms with Crippen LogP contribution in [0.3, 0.4) is 0 Å². The minimum Gasteiger partial charge on any atom is -0.369 e. The Kier molecular flexibility index (Phi) is 6.93. The highest BCUT2D eigenvalue weighted by molar-refractivity contribution is 7.92. The Bertz CT molecular complexity index is 1610. The van der Waals surface area contributed by atoms with Crippen molar-refractivity contribution in [1.29, 1.82) is 5.26 Å². The average molecular weight is 531 g/mol. The molecule has 2 N–H and O–H groups in total. The lowest BCUT2D eigenvalue weighted by Crippen LogP contribution is -2.49. The third-order valence-corrected chi connectivity index (χ3v) is 7.94. The van der Waals surface area contributed by atoms with Crippen molar-refractivity contribution in [2.24, 2.45) is 0 Å². The van der Waals surface area contributed by atoms with Gasteiger partial charge in [-0.1, -0.05) is 6.07 Å². The molecule has 4 aromatic rings. The van der Waals surface area contributed by atoms with E-state index >= 15 is 0 Å². The second-order valence-electron chi connectivity index (χ2n) is 9.58.